The van der Waals surface area contributed by atoms with E-state index in [9.17, 15) is 0 Å². The summed E-state index contributed by atoms with van der Waals surface area (Å²) >= 11 is 5.90. The van der Waals surface area contributed by atoms with Crippen molar-refractivity contribution in [2.45, 2.75) is 32.2 Å². The predicted molar refractivity (Wildman–Crippen MR) is 69.0 cm³/mol. The van der Waals surface area contributed by atoms with E-state index in [1.54, 1.807) is 12.3 Å². The van der Waals surface area contributed by atoms with Crippen LogP contribution in [-0.4, -0.2) is 14.5 Å². The van der Waals surface area contributed by atoms with Crippen LogP contribution in [0.25, 0.3) is 11.2 Å². The molecular formula is C12H15ClN4. The molecule has 2 N–H and O–H groups in total. The summed E-state index contributed by atoms with van der Waals surface area (Å²) in [5, 5.41) is 0.594. The first-order chi connectivity index (χ1) is 8.15. The van der Waals surface area contributed by atoms with E-state index in [0.717, 1.165) is 23.5 Å². The Balaban J connectivity index is 2.04. The number of nitrogens with zero attached hydrogens (tertiary/aromatic N) is 3. The van der Waals surface area contributed by atoms with Crippen molar-refractivity contribution in [2.24, 2.45) is 5.92 Å². The SMILES string of the molecule is CC(CC1CC1)n1c(N)nc2cc(Cl)cnc21. The van der Waals surface area contributed by atoms with E-state index in [-0.39, 0.29) is 0 Å². The van der Waals surface area contributed by atoms with Gasteiger partial charge in [0.2, 0.25) is 5.95 Å². The van der Waals surface area contributed by atoms with Gasteiger partial charge in [0.25, 0.3) is 0 Å². The molecule has 4 nitrogen and oxygen atoms in total. The van der Waals surface area contributed by atoms with Gasteiger partial charge < -0.3 is 5.73 Å². The van der Waals surface area contributed by atoms with Crippen LogP contribution in [0.15, 0.2) is 12.3 Å². The molecule has 2 heterocycles. The van der Waals surface area contributed by atoms with Crippen LogP contribution < -0.4 is 5.73 Å². The summed E-state index contributed by atoms with van der Waals surface area (Å²) in [5.74, 6) is 1.39. The summed E-state index contributed by atoms with van der Waals surface area (Å²) in [6.45, 7) is 2.17. The Morgan fingerprint density at radius 2 is 2.35 bits per heavy atom. The van der Waals surface area contributed by atoms with Gasteiger partial charge >= 0.3 is 0 Å². The summed E-state index contributed by atoms with van der Waals surface area (Å²) in [5.41, 5.74) is 7.58. The Morgan fingerprint density at radius 1 is 1.59 bits per heavy atom. The monoisotopic (exact) mass is 250 g/mol. The number of aromatic nitrogens is 3. The van der Waals surface area contributed by atoms with Crippen molar-refractivity contribution >= 4 is 28.7 Å². The molecule has 0 spiro atoms. The molecule has 1 aliphatic carbocycles. The lowest BCUT2D eigenvalue weighted by Crippen LogP contribution is -2.10. The Kier molecular flexibility index (Phi) is 2.47. The lowest BCUT2D eigenvalue weighted by molar-refractivity contribution is 0.490. The lowest BCUT2D eigenvalue weighted by Gasteiger charge is -2.14. The fraction of sp³-hybridized carbons (Fsp3) is 0.500. The number of hydrogen-bond acceptors (Lipinski definition) is 3. The maximum absolute atomic E-state index is 5.97. The van der Waals surface area contributed by atoms with Crippen molar-refractivity contribution in [3.8, 4) is 0 Å². The quantitative estimate of drug-likeness (QED) is 0.911. The minimum absolute atomic E-state index is 0.348. The first-order valence-electron chi connectivity index (χ1n) is 5.94. The highest BCUT2D eigenvalue weighted by atomic mass is 35.5. The summed E-state index contributed by atoms with van der Waals surface area (Å²) in [6.07, 6.45) is 5.48. The van der Waals surface area contributed by atoms with Crippen molar-refractivity contribution in [1.82, 2.24) is 14.5 Å². The summed E-state index contributed by atoms with van der Waals surface area (Å²) in [6, 6.07) is 2.15. The van der Waals surface area contributed by atoms with E-state index in [0.29, 0.717) is 17.0 Å². The van der Waals surface area contributed by atoms with Gasteiger partial charge in [0.1, 0.15) is 5.52 Å². The highest BCUT2D eigenvalue weighted by Crippen LogP contribution is 2.38. The minimum Gasteiger partial charge on any atom is -0.369 e. The largest absolute Gasteiger partial charge is 0.369 e. The van der Waals surface area contributed by atoms with E-state index in [4.69, 9.17) is 17.3 Å². The molecule has 1 unspecified atom stereocenters. The van der Waals surface area contributed by atoms with Gasteiger partial charge in [0.15, 0.2) is 5.65 Å². The zero-order valence-corrected chi connectivity index (χ0v) is 10.5. The Labute approximate surface area is 105 Å². The zero-order chi connectivity index (χ0) is 12.0. The number of hydrogen-bond donors (Lipinski definition) is 1. The molecule has 0 saturated heterocycles. The van der Waals surface area contributed by atoms with Crippen molar-refractivity contribution in [3.63, 3.8) is 0 Å². The molecule has 0 amide bonds. The third kappa shape index (κ3) is 1.97. The third-order valence-electron chi connectivity index (χ3n) is 3.34. The number of imidazole rings is 1. The highest BCUT2D eigenvalue weighted by Gasteiger charge is 2.26. The lowest BCUT2D eigenvalue weighted by atomic mass is 10.1. The van der Waals surface area contributed by atoms with Crippen LogP contribution in [0.5, 0.6) is 0 Å². The summed E-state index contributed by atoms with van der Waals surface area (Å²) in [7, 11) is 0. The molecule has 1 fully saturated rings. The third-order valence-corrected chi connectivity index (χ3v) is 3.54. The molecule has 17 heavy (non-hydrogen) atoms. The Hall–Kier alpha value is -1.29. The van der Waals surface area contributed by atoms with Gasteiger partial charge in [-0.3, -0.25) is 4.57 Å². The second-order valence-electron chi connectivity index (χ2n) is 4.86. The van der Waals surface area contributed by atoms with E-state index >= 15 is 0 Å². The van der Waals surface area contributed by atoms with E-state index in [1.807, 2.05) is 4.57 Å². The van der Waals surface area contributed by atoms with E-state index < -0.39 is 0 Å². The standard InChI is InChI=1S/C12H15ClN4/c1-7(4-8-2-3-8)17-11-10(16-12(17)14)5-9(13)6-15-11/h5-8H,2-4H2,1H3,(H2,14,16). The average molecular weight is 251 g/mol. The van der Waals surface area contributed by atoms with Crippen molar-refractivity contribution in [1.29, 1.82) is 0 Å². The molecule has 1 aliphatic rings. The summed E-state index contributed by atoms with van der Waals surface area (Å²) < 4.78 is 2.02. The first-order valence-corrected chi connectivity index (χ1v) is 6.32. The van der Waals surface area contributed by atoms with E-state index in [2.05, 4.69) is 16.9 Å². The number of nitrogen functional groups attached to an aromatic ring is 1. The zero-order valence-electron chi connectivity index (χ0n) is 9.73. The van der Waals surface area contributed by atoms with Gasteiger partial charge in [-0.1, -0.05) is 24.4 Å². The molecule has 1 atom stereocenters. The normalized spacial score (nSPS) is 17.5. The molecule has 2 aromatic heterocycles. The molecule has 3 rings (SSSR count). The number of anilines is 1. The van der Waals surface area contributed by atoms with Crippen molar-refractivity contribution < 1.29 is 0 Å². The van der Waals surface area contributed by atoms with Crippen molar-refractivity contribution in [3.05, 3.63) is 17.3 Å². The molecule has 1 saturated carbocycles. The molecule has 0 aliphatic heterocycles. The van der Waals surface area contributed by atoms with Gasteiger partial charge in [0, 0.05) is 12.2 Å². The topological polar surface area (TPSA) is 56.7 Å². The first kappa shape index (κ1) is 10.8. The molecule has 90 valence electrons. The van der Waals surface area contributed by atoms with Gasteiger partial charge in [-0.05, 0) is 25.3 Å². The number of fused-ring (bicyclic) bond motifs is 1. The summed E-state index contributed by atoms with van der Waals surface area (Å²) in [4.78, 5) is 8.66. The second-order valence-corrected chi connectivity index (χ2v) is 5.30. The van der Waals surface area contributed by atoms with Crippen LogP contribution >= 0.6 is 11.6 Å². The average Bonchev–Trinajstić information content (AvgIpc) is 2.99. The molecule has 0 bridgehead atoms. The van der Waals surface area contributed by atoms with Gasteiger partial charge in [-0.15, -0.1) is 0 Å². The molecular weight excluding hydrogens is 236 g/mol. The van der Waals surface area contributed by atoms with E-state index in [1.165, 1.54) is 12.8 Å². The van der Waals surface area contributed by atoms with Crippen molar-refractivity contribution in [2.75, 3.05) is 5.73 Å². The number of rotatable bonds is 3. The fourth-order valence-electron chi connectivity index (χ4n) is 2.35. The second kappa shape index (κ2) is 3.88. The number of halogens is 1. The highest BCUT2D eigenvalue weighted by molar-refractivity contribution is 6.31. The van der Waals surface area contributed by atoms with Crippen LogP contribution in [-0.2, 0) is 0 Å². The Morgan fingerprint density at radius 3 is 3.06 bits per heavy atom. The number of nitrogens with two attached hydrogens (primary N) is 1. The van der Waals surface area contributed by atoms with Crippen LogP contribution in [0.3, 0.4) is 0 Å². The molecule has 2 aromatic rings. The molecule has 0 aromatic carbocycles. The Bertz CT molecular complexity index is 559. The van der Waals surface area contributed by atoms with Crippen LogP contribution in [0, 0.1) is 5.92 Å². The van der Waals surface area contributed by atoms with Gasteiger partial charge in [-0.2, -0.15) is 0 Å². The van der Waals surface area contributed by atoms with Gasteiger partial charge in [-0.25, -0.2) is 9.97 Å². The fourth-order valence-corrected chi connectivity index (χ4v) is 2.50. The minimum atomic E-state index is 0.348. The van der Waals surface area contributed by atoms with Crippen LogP contribution in [0.1, 0.15) is 32.2 Å². The number of pyridine rings is 1. The molecule has 5 heteroatoms. The molecule has 0 radical (unpaired) electrons. The predicted octanol–water partition coefficient (Wildman–Crippen LogP) is 3.03. The maximum atomic E-state index is 5.97. The maximum Gasteiger partial charge on any atom is 0.202 e. The van der Waals surface area contributed by atoms with Crippen LogP contribution in [0.4, 0.5) is 5.95 Å². The smallest absolute Gasteiger partial charge is 0.202 e. The van der Waals surface area contributed by atoms with Crippen LogP contribution in [0.2, 0.25) is 5.02 Å². The van der Waals surface area contributed by atoms with Gasteiger partial charge in [0.05, 0.1) is 5.02 Å².